The number of hydrogen-bond donors (Lipinski definition) is 2. The summed E-state index contributed by atoms with van der Waals surface area (Å²) in [5, 5.41) is 10.6. The summed E-state index contributed by atoms with van der Waals surface area (Å²) in [6.07, 6.45) is 0.726. The number of hydrogen-bond acceptors (Lipinski definition) is 2. The fourth-order valence-electron chi connectivity index (χ4n) is 2.04. The first kappa shape index (κ1) is 13.7. The first-order valence-corrected chi connectivity index (χ1v) is 6.56. The molecule has 0 saturated carbocycles. The minimum atomic E-state index is -0.280. The molecule has 0 amide bonds. The van der Waals surface area contributed by atoms with E-state index in [9.17, 15) is 9.90 Å². The monoisotopic (exact) mass is 277 g/mol. The first-order valence-electron chi connectivity index (χ1n) is 6.18. The number of aromatic nitrogens is 1. The van der Waals surface area contributed by atoms with E-state index in [4.69, 9.17) is 11.6 Å². The standard InChI is InChI=1S/C15H16ClNO2/c1-9(2)7-12-8-13(18)14(15(19)17-12)10-3-5-11(16)6-4-10/h3-6,8-9H,7H2,1-2H3,(H2,17,18,19). The predicted octanol–water partition coefficient (Wildman–Crippen LogP) is 3.60. The average Bonchev–Trinajstić information content (AvgIpc) is 2.29. The molecule has 0 aliphatic carbocycles. The molecule has 100 valence electrons. The molecule has 0 atom stereocenters. The number of pyridine rings is 1. The van der Waals surface area contributed by atoms with Gasteiger partial charge >= 0.3 is 0 Å². The van der Waals surface area contributed by atoms with Crippen LogP contribution in [0.1, 0.15) is 19.5 Å². The van der Waals surface area contributed by atoms with E-state index in [0.717, 1.165) is 12.1 Å². The maximum absolute atomic E-state index is 12.1. The highest BCUT2D eigenvalue weighted by molar-refractivity contribution is 6.30. The Labute approximate surface area is 116 Å². The Morgan fingerprint density at radius 2 is 1.89 bits per heavy atom. The van der Waals surface area contributed by atoms with Gasteiger partial charge in [0.05, 0.1) is 5.56 Å². The maximum atomic E-state index is 12.1. The van der Waals surface area contributed by atoms with Crippen molar-refractivity contribution in [3.8, 4) is 16.9 Å². The molecule has 0 unspecified atom stereocenters. The summed E-state index contributed by atoms with van der Waals surface area (Å²) in [5.74, 6) is 0.415. The second-order valence-corrected chi connectivity index (χ2v) is 5.43. The fraction of sp³-hybridized carbons (Fsp3) is 0.267. The molecule has 0 radical (unpaired) electrons. The van der Waals surface area contributed by atoms with E-state index in [1.54, 1.807) is 30.3 Å². The Morgan fingerprint density at radius 1 is 1.26 bits per heavy atom. The lowest BCUT2D eigenvalue weighted by molar-refractivity contribution is 0.473. The quantitative estimate of drug-likeness (QED) is 0.901. The van der Waals surface area contributed by atoms with E-state index < -0.39 is 0 Å². The van der Waals surface area contributed by atoms with Crippen LogP contribution in [-0.4, -0.2) is 10.1 Å². The van der Waals surface area contributed by atoms with Gasteiger partial charge in [0.15, 0.2) is 0 Å². The number of rotatable bonds is 3. The Morgan fingerprint density at radius 3 is 2.42 bits per heavy atom. The molecule has 0 spiro atoms. The molecule has 1 aromatic heterocycles. The number of nitrogens with one attached hydrogen (secondary N) is 1. The van der Waals surface area contributed by atoms with Crippen molar-refractivity contribution >= 4 is 11.6 Å². The summed E-state index contributed by atoms with van der Waals surface area (Å²) in [5.41, 5.74) is 1.40. The van der Waals surface area contributed by atoms with Gasteiger partial charge in [0, 0.05) is 16.8 Å². The zero-order valence-corrected chi connectivity index (χ0v) is 11.7. The number of benzene rings is 1. The highest BCUT2D eigenvalue weighted by Crippen LogP contribution is 2.27. The molecule has 0 bridgehead atoms. The summed E-state index contributed by atoms with van der Waals surface area (Å²) >= 11 is 5.81. The molecule has 3 nitrogen and oxygen atoms in total. The van der Waals surface area contributed by atoms with Gasteiger partial charge in [0.25, 0.3) is 5.56 Å². The highest BCUT2D eigenvalue weighted by atomic mass is 35.5. The summed E-state index contributed by atoms with van der Waals surface area (Å²) in [7, 11) is 0. The molecule has 19 heavy (non-hydrogen) atoms. The molecule has 2 rings (SSSR count). The summed E-state index contributed by atoms with van der Waals surface area (Å²) in [4.78, 5) is 14.9. The molecular formula is C15H16ClNO2. The van der Waals surface area contributed by atoms with Crippen LogP contribution in [0.15, 0.2) is 35.1 Å². The van der Waals surface area contributed by atoms with E-state index in [0.29, 0.717) is 16.5 Å². The molecule has 2 aromatic rings. The average molecular weight is 278 g/mol. The Balaban J connectivity index is 2.48. The van der Waals surface area contributed by atoms with Crippen LogP contribution in [0.5, 0.6) is 5.75 Å². The summed E-state index contributed by atoms with van der Waals surface area (Å²) in [6, 6.07) is 8.43. The van der Waals surface area contributed by atoms with E-state index in [2.05, 4.69) is 18.8 Å². The van der Waals surface area contributed by atoms with Gasteiger partial charge in [-0.1, -0.05) is 37.6 Å². The Hall–Kier alpha value is -1.74. The van der Waals surface area contributed by atoms with Crippen LogP contribution in [0.2, 0.25) is 5.02 Å². The molecule has 0 saturated heterocycles. The third kappa shape index (κ3) is 3.18. The lowest BCUT2D eigenvalue weighted by Crippen LogP contribution is -2.13. The van der Waals surface area contributed by atoms with Crippen molar-refractivity contribution in [3.63, 3.8) is 0 Å². The van der Waals surface area contributed by atoms with Gasteiger partial charge in [0.1, 0.15) is 5.75 Å². The lowest BCUT2D eigenvalue weighted by atomic mass is 10.0. The topological polar surface area (TPSA) is 53.1 Å². The van der Waals surface area contributed by atoms with Crippen molar-refractivity contribution in [1.82, 2.24) is 4.98 Å². The highest BCUT2D eigenvalue weighted by Gasteiger charge is 2.11. The van der Waals surface area contributed by atoms with Gasteiger partial charge in [-0.25, -0.2) is 0 Å². The van der Waals surface area contributed by atoms with Gasteiger partial charge in [-0.2, -0.15) is 0 Å². The molecule has 0 aliphatic heterocycles. The van der Waals surface area contributed by atoms with Crippen LogP contribution in [0.25, 0.3) is 11.1 Å². The molecule has 0 aliphatic rings. The van der Waals surface area contributed by atoms with Crippen molar-refractivity contribution < 1.29 is 5.11 Å². The van der Waals surface area contributed by atoms with Crippen LogP contribution in [-0.2, 0) is 6.42 Å². The van der Waals surface area contributed by atoms with Crippen molar-refractivity contribution in [2.24, 2.45) is 5.92 Å². The van der Waals surface area contributed by atoms with E-state index in [1.165, 1.54) is 0 Å². The van der Waals surface area contributed by atoms with Crippen LogP contribution in [0, 0.1) is 5.92 Å². The molecule has 1 heterocycles. The molecule has 1 aromatic carbocycles. The third-order valence-electron chi connectivity index (χ3n) is 2.83. The van der Waals surface area contributed by atoms with Gasteiger partial charge in [0.2, 0.25) is 0 Å². The second-order valence-electron chi connectivity index (χ2n) is 4.99. The molecule has 4 heteroatoms. The van der Waals surface area contributed by atoms with Crippen LogP contribution >= 0.6 is 11.6 Å². The smallest absolute Gasteiger partial charge is 0.259 e. The van der Waals surface area contributed by atoms with Crippen molar-refractivity contribution in [2.75, 3.05) is 0 Å². The lowest BCUT2D eigenvalue weighted by Gasteiger charge is -2.09. The second kappa shape index (κ2) is 5.49. The predicted molar refractivity (Wildman–Crippen MR) is 77.7 cm³/mol. The van der Waals surface area contributed by atoms with Gasteiger partial charge in [-0.05, 0) is 30.0 Å². The number of H-pyrrole nitrogens is 1. The first-order chi connectivity index (χ1) is 8.97. The third-order valence-corrected chi connectivity index (χ3v) is 3.08. The van der Waals surface area contributed by atoms with Crippen LogP contribution < -0.4 is 5.56 Å². The van der Waals surface area contributed by atoms with Gasteiger partial charge in [-0.3, -0.25) is 4.79 Å². The van der Waals surface area contributed by atoms with Crippen molar-refractivity contribution in [3.05, 3.63) is 51.4 Å². The minimum Gasteiger partial charge on any atom is -0.507 e. The SMILES string of the molecule is CC(C)Cc1cc(O)c(-c2ccc(Cl)cc2)c(=O)[nH]1. The van der Waals surface area contributed by atoms with Crippen LogP contribution in [0.4, 0.5) is 0 Å². The fourth-order valence-corrected chi connectivity index (χ4v) is 2.17. The molecule has 2 N–H and O–H groups in total. The van der Waals surface area contributed by atoms with E-state index in [-0.39, 0.29) is 16.9 Å². The maximum Gasteiger partial charge on any atom is 0.259 e. The number of aromatic hydroxyl groups is 1. The number of halogens is 1. The van der Waals surface area contributed by atoms with Crippen molar-refractivity contribution in [1.29, 1.82) is 0 Å². The van der Waals surface area contributed by atoms with Gasteiger partial charge < -0.3 is 10.1 Å². The van der Waals surface area contributed by atoms with Crippen LogP contribution in [0.3, 0.4) is 0 Å². The molecule has 0 fully saturated rings. The van der Waals surface area contributed by atoms with E-state index >= 15 is 0 Å². The molecular weight excluding hydrogens is 262 g/mol. The summed E-state index contributed by atoms with van der Waals surface area (Å²) in [6.45, 7) is 4.12. The van der Waals surface area contributed by atoms with Gasteiger partial charge in [-0.15, -0.1) is 0 Å². The largest absolute Gasteiger partial charge is 0.507 e. The number of aromatic amines is 1. The van der Waals surface area contributed by atoms with E-state index in [1.807, 2.05) is 0 Å². The Bertz CT molecular complexity index is 630. The zero-order chi connectivity index (χ0) is 14.0. The summed E-state index contributed by atoms with van der Waals surface area (Å²) < 4.78 is 0. The normalized spacial score (nSPS) is 10.9. The zero-order valence-electron chi connectivity index (χ0n) is 10.9. The minimum absolute atomic E-state index is 0.00159. The Kier molecular flexibility index (Phi) is 3.96. The van der Waals surface area contributed by atoms with Crippen molar-refractivity contribution in [2.45, 2.75) is 20.3 Å².